The molecule has 2 aromatic rings. The second kappa shape index (κ2) is 6.22. The molecular formula is C17H23N3O. The molecule has 1 aromatic carbocycles. The Bertz CT molecular complexity index is 618. The summed E-state index contributed by atoms with van der Waals surface area (Å²) in [6.07, 6.45) is 4.27. The SMILES string of the molecule is CCc1ccc(Oc2cncc(CN)n2)c(C(C)(C)C)c1. The van der Waals surface area contributed by atoms with Crippen LogP contribution in [0.15, 0.2) is 30.6 Å². The van der Waals surface area contributed by atoms with E-state index in [4.69, 9.17) is 10.5 Å². The predicted molar refractivity (Wildman–Crippen MR) is 84.5 cm³/mol. The van der Waals surface area contributed by atoms with Crippen LogP contribution in [0.25, 0.3) is 0 Å². The number of nitrogens with zero attached hydrogens (tertiary/aromatic N) is 2. The fourth-order valence-corrected chi connectivity index (χ4v) is 2.12. The summed E-state index contributed by atoms with van der Waals surface area (Å²) in [5.41, 5.74) is 8.78. The van der Waals surface area contributed by atoms with E-state index in [1.165, 1.54) is 11.1 Å². The quantitative estimate of drug-likeness (QED) is 0.932. The van der Waals surface area contributed by atoms with Crippen molar-refractivity contribution in [3.63, 3.8) is 0 Å². The first-order chi connectivity index (χ1) is 9.94. The molecule has 0 aliphatic heterocycles. The molecule has 1 heterocycles. The van der Waals surface area contributed by atoms with E-state index in [0.717, 1.165) is 17.9 Å². The van der Waals surface area contributed by atoms with Crippen LogP contribution < -0.4 is 10.5 Å². The first-order valence-electron chi connectivity index (χ1n) is 7.26. The van der Waals surface area contributed by atoms with Crippen LogP contribution in [0.1, 0.15) is 44.5 Å². The van der Waals surface area contributed by atoms with Gasteiger partial charge in [-0.25, -0.2) is 4.98 Å². The molecule has 0 amide bonds. The zero-order chi connectivity index (χ0) is 15.5. The van der Waals surface area contributed by atoms with Gasteiger partial charge in [0.1, 0.15) is 5.75 Å². The molecule has 112 valence electrons. The number of benzene rings is 1. The molecule has 0 saturated carbocycles. The Morgan fingerprint density at radius 3 is 2.57 bits per heavy atom. The van der Waals surface area contributed by atoms with E-state index < -0.39 is 0 Å². The van der Waals surface area contributed by atoms with Gasteiger partial charge >= 0.3 is 0 Å². The van der Waals surface area contributed by atoms with Crippen LogP contribution in [-0.2, 0) is 18.4 Å². The van der Waals surface area contributed by atoms with Gasteiger partial charge in [-0.2, -0.15) is 0 Å². The van der Waals surface area contributed by atoms with E-state index in [0.29, 0.717) is 12.4 Å². The van der Waals surface area contributed by atoms with Crippen LogP contribution in [-0.4, -0.2) is 9.97 Å². The lowest BCUT2D eigenvalue weighted by Crippen LogP contribution is -2.13. The summed E-state index contributed by atoms with van der Waals surface area (Å²) < 4.78 is 5.95. The van der Waals surface area contributed by atoms with Crippen molar-refractivity contribution in [3.8, 4) is 11.6 Å². The molecule has 0 fully saturated rings. The Labute approximate surface area is 126 Å². The number of aromatic nitrogens is 2. The maximum atomic E-state index is 5.95. The summed E-state index contributed by atoms with van der Waals surface area (Å²) in [5.74, 6) is 1.30. The van der Waals surface area contributed by atoms with Gasteiger partial charge in [-0.3, -0.25) is 4.98 Å². The Morgan fingerprint density at radius 2 is 1.95 bits per heavy atom. The van der Waals surface area contributed by atoms with E-state index in [9.17, 15) is 0 Å². The first kappa shape index (κ1) is 15.4. The molecule has 2 rings (SSSR count). The average Bonchev–Trinajstić information content (AvgIpc) is 2.46. The fraction of sp³-hybridized carbons (Fsp3) is 0.412. The smallest absolute Gasteiger partial charge is 0.238 e. The van der Waals surface area contributed by atoms with Crippen molar-refractivity contribution in [2.45, 2.75) is 46.1 Å². The van der Waals surface area contributed by atoms with Gasteiger partial charge in [0, 0.05) is 18.3 Å². The molecule has 4 nitrogen and oxygen atoms in total. The summed E-state index contributed by atoms with van der Waals surface area (Å²) in [6, 6.07) is 6.30. The van der Waals surface area contributed by atoms with Gasteiger partial charge in [-0.1, -0.05) is 39.8 Å². The second-order valence-corrected chi connectivity index (χ2v) is 6.09. The third kappa shape index (κ3) is 3.79. The minimum absolute atomic E-state index is 0.000576. The number of ether oxygens (including phenoxy) is 1. The summed E-state index contributed by atoms with van der Waals surface area (Å²) in [7, 11) is 0. The first-order valence-corrected chi connectivity index (χ1v) is 7.26. The molecule has 0 radical (unpaired) electrons. The largest absolute Gasteiger partial charge is 0.437 e. The van der Waals surface area contributed by atoms with Gasteiger partial charge in [0.25, 0.3) is 0 Å². The highest BCUT2D eigenvalue weighted by Crippen LogP contribution is 2.34. The van der Waals surface area contributed by atoms with Crippen molar-refractivity contribution in [3.05, 3.63) is 47.4 Å². The normalized spacial score (nSPS) is 11.5. The standard InChI is InChI=1S/C17H23N3O/c1-5-12-6-7-15(14(8-12)17(2,3)4)21-16-11-19-10-13(9-18)20-16/h6-8,10-11H,5,9,18H2,1-4H3. The summed E-state index contributed by atoms with van der Waals surface area (Å²) in [5, 5.41) is 0. The highest BCUT2D eigenvalue weighted by molar-refractivity contribution is 5.43. The second-order valence-electron chi connectivity index (χ2n) is 6.09. The average molecular weight is 285 g/mol. The van der Waals surface area contributed by atoms with Crippen LogP contribution >= 0.6 is 0 Å². The Morgan fingerprint density at radius 1 is 1.19 bits per heavy atom. The molecule has 1 aromatic heterocycles. The lowest BCUT2D eigenvalue weighted by atomic mass is 9.85. The zero-order valence-electron chi connectivity index (χ0n) is 13.2. The number of aryl methyl sites for hydroxylation is 1. The maximum absolute atomic E-state index is 5.95. The number of hydrogen-bond acceptors (Lipinski definition) is 4. The summed E-state index contributed by atoms with van der Waals surface area (Å²) in [4.78, 5) is 8.45. The highest BCUT2D eigenvalue weighted by Gasteiger charge is 2.20. The monoisotopic (exact) mass is 285 g/mol. The highest BCUT2D eigenvalue weighted by atomic mass is 16.5. The molecule has 0 saturated heterocycles. The third-order valence-electron chi connectivity index (χ3n) is 3.35. The predicted octanol–water partition coefficient (Wildman–Crippen LogP) is 3.59. The molecule has 0 atom stereocenters. The van der Waals surface area contributed by atoms with Gasteiger partial charge in [-0.05, 0) is 23.5 Å². The Balaban J connectivity index is 2.39. The van der Waals surface area contributed by atoms with Crippen molar-refractivity contribution in [1.82, 2.24) is 9.97 Å². The van der Waals surface area contributed by atoms with E-state index in [1.807, 2.05) is 6.07 Å². The van der Waals surface area contributed by atoms with Crippen LogP contribution in [0.3, 0.4) is 0 Å². The maximum Gasteiger partial charge on any atom is 0.238 e. The molecule has 0 spiro atoms. The molecule has 0 unspecified atom stereocenters. The van der Waals surface area contributed by atoms with Gasteiger partial charge in [0.15, 0.2) is 0 Å². The van der Waals surface area contributed by atoms with Crippen LogP contribution in [0, 0.1) is 0 Å². The molecule has 21 heavy (non-hydrogen) atoms. The minimum atomic E-state index is -0.000576. The molecular weight excluding hydrogens is 262 g/mol. The molecule has 0 aliphatic rings. The third-order valence-corrected chi connectivity index (χ3v) is 3.35. The number of hydrogen-bond donors (Lipinski definition) is 1. The van der Waals surface area contributed by atoms with Gasteiger partial charge in [0.05, 0.1) is 11.9 Å². The van der Waals surface area contributed by atoms with Crippen molar-refractivity contribution in [2.24, 2.45) is 5.73 Å². The minimum Gasteiger partial charge on any atom is -0.437 e. The summed E-state index contributed by atoms with van der Waals surface area (Å²) >= 11 is 0. The van der Waals surface area contributed by atoms with E-state index >= 15 is 0 Å². The molecule has 0 bridgehead atoms. The number of rotatable bonds is 4. The molecule has 0 aliphatic carbocycles. The van der Waals surface area contributed by atoms with E-state index in [1.54, 1.807) is 12.4 Å². The van der Waals surface area contributed by atoms with Gasteiger partial charge < -0.3 is 10.5 Å². The van der Waals surface area contributed by atoms with Gasteiger partial charge in [-0.15, -0.1) is 0 Å². The fourth-order valence-electron chi connectivity index (χ4n) is 2.12. The van der Waals surface area contributed by atoms with E-state index in [-0.39, 0.29) is 5.41 Å². The van der Waals surface area contributed by atoms with E-state index in [2.05, 4.69) is 49.8 Å². The van der Waals surface area contributed by atoms with Crippen molar-refractivity contribution in [1.29, 1.82) is 0 Å². The van der Waals surface area contributed by atoms with Crippen LogP contribution in [0.4, 0.5) is 0 Å². The van der Waals surface area contributed by atoms with Crippen LogP contribution in [0.5, 0.6) is 11.6 Å². The number of nitrogens with two attached hydrogens (primary N) is 1. The molecule has 4 heteroatoms. The van der Waals surface area contributed by atoms with Crippen LogP contribution in [0.2, 0.25) is 0 Å². The zero-order valence-corrected chi connectivity index (χ0v) is 13.2. The molecule has 2 N–H and O–H groups in total. The summed E-state index contributed by atoms with van der Waals surface area (Å²) in [6.45, 7) is 9.04. The Kier molecular flexibility index (Phi) is 4.58. The lowest BCUT2D eigenvalue weighted by Gasteiger charge is -2.23. The van der Waals surface area contributed by atoms with Crippen molar-refractivity contribution >= 4 is 0 Å². The lowest BCUT2D eigenvalue weighted by molar-refractivity contribution is 0.435. The van der Waals surface area contributed by atoms with Gasteiger partial charge in [0.2, 0.25) is 5.88 Å². The van der Waals surface area contributed by atoms with Crippen molar-refractivity contribution < 1.29 is 4.74 Å². The topological polar surface area (TPSA) is 61.0 Å². The Hall–Kier alpha value is -1.94. The van der Waals surface area contributed by atoms with Crippen molar-refractivity contribution in [2.75, 3.05) is 0 Å².